The Hall–Kier alpha value is -2.51. The summed E-state index contributed by atoms with van der Waals surface area (Å²) in [6, 6.07) is 14.6. The zero-order valence-electron chi connectivity index (χ0n) is 14.8. The zero-order valence-corrected chi connectivity index (χ0v) is 15.6. The number of sulfonamides is 1. The summed E-state index contributed by atoms with van der Waals surface area (Å²) in [5, 5.41) is 8.01. The predicted octanol–water partition coefficient (Wildman–Crippen LogP) is 3.13. The van der Waals surface area contributed by atoms with Gasteiger partial charge in [-0.2, -0.15) is 0 Å². The zero-order chi connectivity index (χ0) is 18.6. The van der Waals surface area contributed by atoms with Crippen LogP contribution in [0.3, 0.4) is 0 Å². The van der Waals surface area contributed by atoms with E-state index in [9.17, 15) is 8.42 Å². The summed E-state index contributed by atoms with van der Waals surface area (Å²) in [5.41, 5.74) is 3.04. The summed E-state index contributed by atoms with van der Waals surface area (Å²) in [4.78, 5) is 0.251. The van der Waals surface area contributed by atoms with E-state index in [0.717, 1.165) is 23.1 Å². The van der Waals surface area contributed by atoms with Crippen LogP contribution in [0.15, 0.2) is 57.8 Å². The molecule has 1 heterocycles. The topological polar surface area (TPSA) is 85.1 Å². The van der Waals surface area contributed by atoms with Gasteiger partial charge >= 0.3 is 0 Å². The van der Waals surface area contributed by atoms with Crippen molar-refractivity contribution in [3.05, 3.63) is 65.5 Å². The second-order valence-corrected chi connectivity index (χ2v) is 7.78. The predicted molar refractivity (Wildman–Crippen MR) is 99.2 cm³/mol. The Labute approximate surface area is 153 Å². The molecule has 3 rings (SSSR count). The molecule has 0 radical (unpaired) electrons. The number of benzene rings is 2. The molecule has 0 saturated heterocycles. The normalized spacial score (nSPS) is 11.6. The molecule has 0 fully saturated rings. The summed E-state index contributed by atoms with van der Waals surface area (Å²) in [5.74, 6) is 0.826. The highest BCUT2D eigenvalue weighted by Gasteiger charge is 2.14. The maximum atomic E-state index is 12.3. The smallest absolute Gasteiger partial charge is 0.247 e. The quantitative estimate of drug-likeness (QED) is 0.690. The number of hydrogen-bond acceptors (Lipinski definition) is 5. The third-order valence-electron chi connectivity index (χ3n) is 4.00. The number of nitrogens with one attached hydrogen (secondary N) is 1. The van der Waals surface area contributed by atoms with E-state index in [0.29, 0.717) is 18.2 Å². The van der Waals surface area contributed by atoms with Crippen LogP contribution in [0.1, 0.15) is 23.9 Å². The van der Waals surface area contributed by atoms with E-state index in [4.69, 9.17) is 4.42 Å². The molecule has 2 aromatic carbocycles. The van der Waals surface area contributed by atoms with Crippen LogP contribution < -0.4 is 4.72 Å². The minimum atomic E-state index is -3.55. The van der Waals surface area contributed by atoms with Gasteiger partial charge in [0.05, 0.1) is 4.90 Å². The first kappa shape index (κ1) is 18.3. The molecule has 0 aliphatic rings. The number of hydrogen-bond donors (Lipinski definition) is 1. The Morgan fingerprint density at radius 2 is 1.85 bits per heavy atom. The first-order chi connectivity index (χ1) is 12.5. The highest BCUT2D eigenvalue weighted by atomic mass is 32.2. The van der Waals surface area contributed by atoms with Crippen LogP contribution in [-0.4, -0.2) is 25.2 Å². The Morgan fingerprint density at radius 3 is 2.54 bits per heavy atom. The largest absolute Gasteiger partial charge is 0.421 e. The summed E-state index contributed by atoms with van der Waals surface area (Å²) >= 11 is 0. The number of nitrogens with zero attached hydrogens (tertiary/aromatic N) is 2. The SMILES string of the molecule is CCc1ccc(S(=O)(=O)NCCc2nnc(-c3cccc(C)c3)o2)cc1. The molecule has 0 bridgehead atoms. The lowest BCUT2D eigenvalue weighted by Crippen LogP contribution is -2.26. The lowest BCUT2D eigenvalue weighted by atomic mass is 10.1. The van der Waals surface area contributed by atoms with Crippen molar-refractivity contribution in [2.75, 3.05) is 6.54 Å². The van der Waals surface area contributed by atoms with E-state index in [1.165, 1.54) is 0 Å². The summed E-state index contributed by atoms with van der Waals surface area (Å²) in [6.07, 6.45) is 1.19. The van der Waals surface area contributed by atoms with Crippen molar-refractivity contribution < 1.29 is 12.8 Å². The highest BCUT2D eigenvalue weighted by molar-refractivity contribution is 7.89. The highest BCUT2D eigenvalue weighted by Crippen LogP contribution is 2.19. The fourth-order valence-corrected chi connectivity index (χ4v) is 3.56. The van der Waals surface area contributed by atoms with Crippen molar-refractivity contribution in [3.8, 4) is 11.5 Å². The summed E-state index contributed by atoms with van der Waals surface area (Å²) < 4.78 is 32.8. The van der Waals surface area contributed by atoms with Gasteiger partial charge in [0.15, 0.2) is 0 Å². The molecule has 1 N–H and O–H groups in total. The number of aryl methyl sites for hydroxylation is 2. The van der Waals surface area contributed by atoms with E-state index in [1.54, 1.807) is 12.1 Å². The Balaban J connectivity index is 1.61. The maximum Gasteiger partial charge on any atom is 0.247 e. The standard InChI is InChI=1S/C19H21N3O3S/c1-3-15-7-9-17(10-8-15)26(23,24)20-12-11-18-21-22-19(25-18)16-6-4-5-14(2)13-16/h4-10,13,20H,3,11-12H2,1-2H3. The molecular formula is C19H21N3O3S. The van der Waals surface area contributed by atoms with Crippen molar-refractivity contribution in [1.82, 2.24) is 14.9 Å². The van der Waals surface area contributed by atoms with E-state index in [2.05, 4.69) is 14.9 Å². The van der Waals surface area contributed by atoms with Gasteiger partial charge in [-0.05, 0) is 43.2 Å². The molecule has 7 heteroatoms. The van der Waals surface area contributed by atoms with Gasteiger partial charge in [-0.3, -0.25) is 0 Å². The van der Waals surface area contributed by atoms with Gasteiger partial charge in [-0.1, -0.05) is 36.8 Å². The van der Waals surface area contributed by atoms with Crippen molar-refractivity contribution in [2.45, 2.75) is 31.6 Å². The Kier molecular flexibility index (Phi) is 5.49. The van der Waals surface area contributed by atoms with Gasteiger partial charge in [-0.25, -0.2) is 13.1 Å². The van der Waals surface area contributed by atoms with E-state index < -0.39 is 10.0 Å². The molecule has 3 aromatic rings. The van der Waals surface area contributed by atoms with Crippen molar-refractivity contribution in [2.24, 2.45) is 0 Å². The second kappa shape index (κ2) is 7.80. The van der Waals surface area contributed by atoms with Gasteiger partial charge in [0.2, 0.25) is 21.8 Å². The average Bonchev–Trinajstić information content (AvgIpc) is 3.10. The third-order valence-corrected chi connectivity index (χ3v) is 5.48. The van der Waals surface area contributed by atoms with Crippen LogP contribution >= 0.6 is 0 Å². The molecule has 0 aliphatic carbocycles. The van der Waals surface area contributed by atoms with Crippen LogP contribution in [0.2, 0.25) is 0 Å². The molecule has 0 spiro atoms. The van der Waals surface area contributed by atoms with Gasteiger partial charge in [0.1, 0.15) is 0 Å². The van der Waals surface area contributed by atoms with Crippen LogP contribution in [0.5, 0.6) is 0 Å². The maximum absolute atomic E-state index is 12.3. The van der Waals surface area contributed by atoms with Crippen LogP contribution in [-0.2, 0) is 22.9 Å². The van der Waals surface area contributed by atoms with Crippen LogP contribution in [0.4, 0.5) is 0 Å². The van der Waals surface area contributed by atoms with Crippen molar-refractivity contribution in [1.29, 1.82) is 0 Å². The lowest BCUT2D eigenvalue weighted by Gasteiger charge is -2.06. The molecule has 0 unspecified atom stereocenters. The van der Waals surface area contributed by atoms with E-state index in [-0.39, 0.29) is 11.4 Å². The second-order valence-electron chi connectivity index (χ2n) is 6.02. The Morgan fingerprint density at radius 1 is 1.08 bits per heavy atom. The minimum absolute atomic E-state index is 0.188. The minimum Gasteiger partial charge on any atom is -0.421 e. The molecule has 0 amide bonds. The average molecular weight is 371 g/mol. The van der Waals surface area contributed by atoms with Gasteiger partial charge < -0.3 is 4.42 Å². The van der Waals surface area contributed by atoms with Gasteiger partial charge in [0.25, 0.3) is 0 Å². The van der Waals surface area contributed by atoms with Gasteiger partial charge in [-0.15, -0.1) is 10.2 Å². The Bertz CT molecular complexity index is 979. The molecule has 0 saturated carbocycles. The summed E-state index contributed by atoms with van der Waals surface area (Å²) in [7, 11) is -3.55. The number of aromatic nitrogens is 2. The molecule has 26 heavy (non-hydrogen) atoms. The first-order valence-corrected chi connectivity index (χ1v) is 9.94. The van der Waals surface area contributed by atoms with Crippen molar-refractivity contribution >= 4 is 10.0 Å². The molecule has 0 atom stereocenters. The fraction of sp³-hybridized carbons (Fsp3) is 0.263. The molecule has 1 aromatic heterocycles. The number of rotatable bonds is 7. The summed E-state index contributed by atoms with van der Waals surface area (Å²) in [6.45, 7) is 4.20. The van der Waals surface area contributed by atoms with E-state index in [1.807, 2.05) is 50.2 Å². The van der Waals surface area contributed by atoms with Crippen LogP contribution in [0.25, 0.3) is 11.5 Å². The lowest BCUT2D eigenvalue weighted by molar-refractivity contribution is 0.502. The fourth-order valence-electron chi connectivity index (χ4n) is 2.53. The molecule has 0 aliphatic heterocycles. The van der Waals surface area contributed by atoms with Crippen molar-refractivity contribution in [3.63, 3.8) is 0 Å². The molecular weight excluding hydrogens is 350 g/mol. The first-order valence-electron chi connectivity index (χ1n) is 8.46. The van der Waals surface area contributed by atoms with Gasteiger partial charge in [0, 0.05) is 18.5 Å². The van der Waals surface area contributed by atoms with E-state index >= 15 is 0 Å². The van der Waals surface area contributed by atoms with Crippen LogP contribution in [0, 0.1) is 6.92 Å². The monoisotopic (exact) mass is 371 g/mol. The molecule has 136 valence electrons. The third kappa shape index (κ3) is 4.36. The molecule has 6 nitrogen and oxygen atoms in total.